The van der Waals surface area contributed by atoms with Gasteiger partial charge in [0.2, 0.25) is 0 Å². The summed E-state index contributed by atoms with van der Waals surface area (Å²) in [6.45, 7) is 4.49. The molecule has 0 saturated heterocycles. The maximum Gasteiger partial charge on any atom is 0.165 e. The molecule has 0 unspecified atom stereocenters. The Morgan fingerprint density at radius 1 is 1.53 bits per heavy atom. The van der Waals surface area contributed by atoms with Crippen molar-refractivity contribution in [2.45, 2.75) is 12.8 Å². The zero-order chi connectivity index (χ0) is 11.1. The number of allylic oxidation sites excluding steroid dienone is 1. The molecule has 1 N–H and O–H groups in total. The summed E-state index contributed by atoms with van der Waals surface area (Å²) in [4.78, 5) is 0. The van der Waals surface area contributed by atoms with Crippen LogP contribution in [0.3, 0.4) is 0 Å². The van der Waals surface area contributed by atoms with Crippen LogP contribution in [-0.2, 0) is 0 Å². The molecule has 0 spiro atoms. The molecule has 0 aromatic heterocycles. The average Bonchev–Trinajstić information content (AvgIpc) is 2.26. The van der Waals surface area contributed by atoms with Gasteiger partial charge in [0.15, 0.2) is 11.6 Å². The maximum atomic E-state index is 13.0. The standard InChI is InChI=1S/C12H16FNO/c1-3-4-5-8-14-10-6-7-11(13)12(9-10)15-2/h3,6-7,9,14H,1,4-5,8H2,2H3. The van der Waals surface area contributed by atoms with E-state index < -0.39 is 0 Å². The summed E-state index contributed by atoms with van der Waals surface area (Å²) in [7, 11) is 1.46. The van der Waals surface area contributed by atoms with Gasteiger partial charge in [-0.2, -0.15) is 0 Å². The first-order chi connectivity index (χ1) is 7.27. The molecule has 0 aliphatic rings. The molecule has 2 nitrogen and oxygen atoms in total. The fourth-order valence-electron chi connectivity index (χ4n) is 1.25. The zero-order valence-electron chi connectivity index (χ0n) is 8.92. The highest BCUT2D eigenvalue weighted by atomic mass is 19.1. The van der Waals surface area contributed by atoms with E-state index in [-0.39, 0.29) is 11.6 Å². The van der Waals surface area contributed by atoms with E-state index in [9.17, 15) is 4.39 Å². The van der Waals surface area contributed by atoms with Crippen molar-refractivity contribution in [3.8, 4) is 5.75 Å². The normalized spacial score (nSPS) is 9.73. The van der Waals surface area contributed by atoms with Crippen molar-refractivity contribution in [2.75, 3.05) is 19.0 Å². The van der Waals surface area contributed by atoms with E-state index in [1.807, 2.05) is 6.08 Å². The summed E-state index contributed by atoms with van der Waals surface area (Å²) < 4.78 is 17.9. The molecule has 1 aromatic carbocycles. The largest absolute Gasteiger partial charge is 0.494 e. The molecule has 0 bridgehead atoms. The van der Waals surface area contributed by atoms with Crippen LogP contribution < -0.4 is 10.1 Å². The first-order valence-electron chi connectivity index (χ1n) is 4.96. The highest BCUT2D eigenvalue weighted by Crippen LogP contribution is 2.21. The fourth-order valence-corrected chi connectivity index (χ4v) is 1.25. The van der Waals surface area contributed by atoms with E-state index in [0.29, 0.717) is 0 Å². The third kappa shape index (κ3) is 3.62. The summed E-state index contributed by atoms with van der Waals surface area (Å²) in [6, 6.07) is 4.75. The predicted molar refractivity (Wildman–Crippen MR) is 60.9 cm³/mol. The minimum absolute atomic E-state index is 0.267. The van der Waals surface area contributed by atoms with Gasteiger partial charge < -0.3 is 10.1 Å². The molecule has 3 heteroatoms. The Kier molecular flexibility index (Phi) is 4.68. The lowest BCUT2D eigenvalue weighted by Gasteiger charge is -2.07. The molecule has 1 rings (SSSR count). The van der Waals surface area contributed by atoms with Crippen LogP contribution in [0.5, 0.6) is 5.75 Å². The number of hydrogen-bond acceptors (Lipinski definition) is 2. The van der Waals surface area contributed by atoms with Gasteiger partial charge in [0, 0.05) is 18.3 Å². The average molecular weight is 209 g/mol. The lowest BCUT2D eigenvalue weighted by molar-refractivity contribution is 0.387. The van der Waals surface area contributed by atoms with E-state index >= 15 is 0 Å². The number of anilines is 1. The second kappa shape index (κ2) is 6.06. The van der Waals surface area contributed by atoms with Crippen LogP contribution in [0.4, 0.5) is 10.1 Å². The van der Waals surface area contributed by atoms with Gasteiger partial charge in [-0.15, -0.1) is 6.58 Å². The molecule has 0 aliphatic heterocycles. The highest BCUT2D eigenvalue weighted by molar-refractivity contribution is 5.48. The van der Waals surface area contributed by atoms with Crippen LogP contribution in [0.1, 0.15) is 12.8 Å². The van der Waals surface area contributed by atoms with Crippen molar-refractivity contribution in [2.24, 2.45) is 0 Å². The summed E-state index contributed by atoms with van der Waals surface area (Å²) in [5.41, 5.74) is 0.873. The van der Waals surface area contributed by atoms with E-state index in [1.165, 1.54) is 13.2 Å². The monoisotopic (exact) mass is 209 g/mol. The van der Waals surface area contributed by atoms with Crippen LogP contribution in [0.15, 0.2) is 30.9 Å². The Bertz CT molecular complexity index is 325. The number of nitrogens with one attached hydrogen (secondary N) is 1. The number of halogens is 1. The van der Waals surface area contributed by atoms with E-state index in [4.69, 9.17) is 4.74 Å². The lowest BCUT2D eigenvalue weighted by Crippen LogP contribution is -2.01. The minimum Gasteiger partial charge on any atom is -0.494 e. The second-order valence-corrected chi connectivity index (χ2v) is 3.21. The molecule has 0 heterocycles. The molecule has 82 valence electrons. The molecule has 0 aliphatic carbocycles. The fraction of sp³-hybridized carbons (Fsp3) is 0.333. The van der Waals surface area contributed by atoms with Crippen LogP contribution in [0.2, 0.25) is 0 Å². The van der Waals surface area contributed by atoms with Crippen LogP contribution in [0.25, 0.3) is 0 Å². The third-order valence-corrected chi connectivity index (χ3v) is 2.07. The van der Waals surface area contributed by atoms with E-state index in [0.717, 1.165) is 25.1 Å². The van der Waals surface area contributed by atoms with Crippen molar-refractivity contribution in [3.05, 3.63) is 36.7 Å². The number of hydrogen-bond donors (Lipinski definition) is 1. The van der Waals surface area contributed by atoms with Crippen molar-refractivity contribution in [1.82, 2.24) is 0 Å². The summed E-state index contributed by atoms with van der Waals surface area (Å²) in [5, 5.41) is 3.19. The Morgan fingerprint density at radius 2 is 2.33 bits per heavy atom. The first-order valence-corrected chi connectivity index (χ1v) is 4.96. The van der Waals surface area contributed by atoms with Gasteiger partial charge in [0.05, 0.1) is 7.11 Å². The van der Waals surface area contributed by atoms with Crippen LogP contribution in [0, 0.1) is 5.82 Å². The summed E-state index contributed by atoms with van der Waals surface area (Å²) in [6.07, 6.45) is 3.88. The van der Waals surface area contributed by atoms with Gasteiger partial charge >= 0.3 is 0 Å². The molecular formula is C12H16FNO. The maximum absolute atomic E-state index is 13.0. The van der Waals surface area contributed by atoms with E-state index in [2.05, 4.69) is 11.9 Å². The molecule has 0 saturated carbocycles. The van der Waals surface area contributed by atoms with Crippen molar-refractivity contribution in [1.29, 1.82) is 0 Å². The molecule has 0 atom stereocenters. The highest BCUT2D eigenvalue weighted by Gasteiger charge is 2.02. The third-order valence-electron chi connectivity index (χ3n) is 2.07. The number of benzene rings is 1. The lowest BCUT2D eigenvalue weighted by atomic mass is 10.2. The molecule has 0 amide bonds. The van der Waals surface area contributed by atoms with E-state index in [1.54, 1.807) is 12.1 Å². The predicted octanol–water partition coefficient (Wildman–Crippen LogP) is 3.21. The number of rotatable bonds is 6. The molecule has 0 fully saturated rings. The van der Waals surface area contributed by atoms with Crippen LogP contribution >= 0.6 is 0 Å². The second-order valence-electron chi connectivity index (χ2n) is 3.21. The quantitative estimate of drug-likeness (QED) is 0.573. The zero-order valence-corrected chi connectivity index (χ0v) is 8.92. The van der Waals surface area contributed by atoms with Crippen molar-refractivity contribution in [3.63, 3.8) is 0 Å². The summed E-state index contributed by atoms with van der Waals surface area (Å²) in [5.74, 6) is -0.0714. The molecule has 0 radical (unpaired) electrons. The Labute approximate surface area is 89.8 Å². The van der Waals surface area contributed by atoms with Gasteiger partial charge in [0.25, 0.3) is 0 Å². The molecule has 15 heavy (non-hydrogen) atoms. The smallest absolute Gasteiger partial charge is 0.165 e. The Hall–Kier alpha value is -1.51. The number of unbranched alkanes of at least 4 members (excludes halogenated alkanes) is 1. The van der Waals surface area contributed by atoms with Gasteiger partial charge in [-0.3, -0.25) is 0 Å². The molecular weight excluding hydrogens is 193 g/mol. The SMILES string of the molecule is C=CCCCNc1ccc(F)c(OC)c1. The molecule has 1 aromatic rings. The Morgan fingerprint density at radius 3 is 3.00 bits per heavy atom. The van der Waals surface area contributed by atoms with Crippen molar-refractivity contribution >= 4 is 5.69 Å². The first kappa shape index (κ1) is 11.6. The number of methoxy groups -OCH3 is 1. The van der Waals surface area contributed by atoms with Crippen LogP contribution in [-0.4, -0.2) is 13.7 Å². The summed E-state index contributed by atoms with van der Waals surface area (Å²) >= 11 is 0. The Balaban J connectivity index is 2.50. The van der Waals surface area contributed by atoms with Gasteiger partial charge in [-0.1, -0.05) is 6.08 Å². The topological polar surface area (TPSA) is 21.3 Å². The number of ether oxygens (including phenoxy) is 1. The minimum atomic E-state index is -0.339. The van der Waals surface area contributed by atoms with Gasteiger partial charge in [0.1, 0.15) is 0 Å². The van der Waals surface area contributed by atoms with Crippen molar-refractivity contribution < 1.29 is 9.13 Å². The van der Waals surface area contributed by atoms with Gasteiger partial charge in [-0.25, -0.2) is 4.39 Å². The van der Waals surface area contributed by atoms with Gasteiger partial charge in [-0.05, 0) is 25.0 Å².